The molecule has 1 atom stereocenters. The molecule has 0 bridgehead atoms. The summed E-state index contributed by atoms with van der Waals surface area (Å²) in [6, 6.07) is 0. The highest BCUT2D eigenvalue weighted by Crippen LogP contribution is 2.13. The molecule has 0 saturated heterocycles. The number of hydrogen-bond acceptors (Lipinski definition) is 5. The van der Waals surface area contributed by atoms with Gasteiger partial charge < -0.3 is 14.4 Å². The Hall–Kier alpha value is -1.62. The van der Waals surface area contributed by atoms with Crippen LogP contribution in [0.4, 0.5) is 0 Å². The molecule has 0 fully saturated rings. The summed E-state index contributed by atoms with van der Waals surface area (Å²) >= 11 is 0. The molecular weight excluding hydrogens is 582 g/mol. The third-order valence-electron chi connectivity index (χ3n) is 8.91. The van der Waals surface area contributed by atoms with Gasteiger partial charge in [0.15, 0.2) is 0 Å². The Morgan fingerprint density at radius 2 is 0.872 bits per heavy atom. The summed E-state index contributed by atoms with van der Waals surface area (Å²) in [6.07, 6.45) is 42.8. The average molecular weight is 662 g/mol. The van der Waals surface area contributed by atoms with Gasteiger partial charge in [0, 0.05) is 25.8 Å². The minimum atomic E-state index is -0.369. The largest absolute Gasteiger partial charge is 0.462 e. The Balaban J connectivity index is 3.86. The molecule has 0 heterocycles. The van der Waals surface area contributed by atoms with Crippen molar-refractivity contribution in [2.24, 2.45) is 0 Å². The Labute approximate surface area is 293 Å². The molecule has 0 aromatic rings. The number of ether oxygens (including phenoxy) is 2. The van der Waals surface area contributed by atoms with Crippen molar-refractivity contribution in [2.45, 2.75) is 206 Å². The molecule has 0 aliphatic carbocycles. The number of esters is 2. The van der Waals surface area contributed by atoms with Crippen molar-refractivity contribution in [1.82, 2.24) is 4.90 Å². The van der Waals surface area contributed by atoms with Gasteiger partial charge >= 0.3 is 11.9 Å². The van der Waals surface area contributed by atoms with E-state index in [1.807, 2.05) is 14.1 Å². The normalized spacial score (nSPS) is 12.4. The van der Waals surface area contributed by atoms with E-state index < -0.39 is 0 Å². The fourth-order valence-electron chi connectivity index (χ4n) is 5.76. The van der Waals surface area contributed by atoms with Crippen LogP contribution in [0.25, 0.3) is 0 Å². The molecule has 0 unspecified atom stereocenters. The summed E-state index contributed by atoms with van der Waals surface area (Å²) in [5.74, 6) is -0.342. The summed E-state index contributed by atoms with van der Waals surface area (Å²) in [5, 5.41) is 0. The second-order valence-electron chi connectivity index (χ2n) is 14.1. The van der Waals surface area contributed by atoms with Gasteiger partial charge in [0.1, 0.15) is 12.7 Å². The SMILES string of the molecule is CCCCCCCC/C=C\CCCCCCCC(=O)OC[C@H](CCN(C)C)OC(=O)CCCCCCC/C=C\CCCCCCCC. The Morgan fingerprint density at radius 1 is 0.511 bits per heavy atom. The van der Waals surface area contributed by atoms with Crippen LogP contribution in [0.1, 0.15) is 200 Å². The first-order valence-electron chi connectivity index (χ1n) is 20.3. The lowest BCUT2D eigenvalue weighted by atomic mass is 10.1. The lowest BCUT2D eigenvalue weighted by Crippen LogP contribution is -2.29. The van der Waals surface area contributed by atoms with Crippen molar-refractivity contribution in [1.29, 1.82) is 0 Å². The van der Waals surface area contributed by atoms with Gasteiger partial charge in [-0.25, -0.2) is 0 Å². The fourth-order valence-corrected chi connectivity index (χ4v) is 5.76. The van der Waals surface area contributed by atoms with E-state index in [4.69, 9.17) is 9.47 Å². The summed E-state index contributed by atoms with van der Waals surface area (Å²) in [4.78, 5) is 26.9. The Bertz CT molecular complexity index is 732. The molecule has 0 aromatic heterocycles. The van der Waals surface area contributed by atoms with Crippen molar-refractivity contribution >= 4 is 11.9 Å². The van der Waals surface area contributed by atoms with Crippen LogP contribution in [0.2, 0.25) is 0 Å². The molecule has 0 radical (unpaired) electrons. The first-order valence-corrected chi connectivity index (χ1v) is 20.3. The maximum Gasteiger partial charge on any atom is 0.306 e. The van der Waals surface area contributed by atoms with Crippen LogP contribution in [0, 0.1) is 0 Å². The predicted octanol–water partition coefficient (Wildman–Crippen LogP) is 12.5. The van der Waals surface area contributed by atoms with Gasteiger partial charge in [-0.2, -0.15) is 0 Å². The van der Waals surface area contributed by atoms with E-state index in [-0.39, 0.29) is 24.6 Å². The lowest BCUT2D eigenvalue weighted by molar-refractivity contribution is -0.159. The van der Waals surface area contributed by atoms with Crippen molar-refractivity contribution in [3.8, 4) is 0 Å². The summed E-state index contributed by atoms with van der Waals surface area (Å²) < 4.78 is 11.3. The van der Waals surface area contributed by atoms with Crippen LogP contribution in [0.5, 0.6) is 0 Å². The number of rotatable bonds is 36. The van der Waals surface area contributed by atoms with Crippen LogP contribution >= 0.6 is 0 Å². The first kappa shape index (κ1) is 45.4. The molecule has 0 aliphatic rings. The van der Waals surface area contributed by atoms with E-state index in [0.29, 0.717) is 19.3 Å². The lowest BCUT2D eigenvalue weighted by Gasteiger charge is -2.20. The maximum atomic E-state index is 12.5. The molecular formula is C42H79NO4. The second-order valence-corrected chi connectivity index (χ2v) is 14.1. The maximum absolute atomic E-state index is 12.5. The van der Waals surface area contributed by atoms with Gasteiger partial charge in [-0.05, 0) is 78.3 Å². The highest BCUT2D eigenvalue weighted by atomic mass is 16.6. The van der Waals surface area contributed by atoms with Crippen LogP contribution in [0.3, 0.4) is 0 Å². The number of carbonyl (C=O) groups excluding carboxylic acids is 2. The number of nitrogens with zero attached hydrogens (tertiary/aromatic N) is 1. The summed E-state index contributed by atoms with van der Waals surface area (Å²) in [5.41, 5.74) is 0. The molecule has 0 amide bonds. The van der Waals surface area contributed by atoms with E-state index in [1.54, 1.807) is 0 Å². The van der Waals surface area contributed by atoms with Gasteiger partial charge in [-0.1, -0.05) is 141 Å². The first-order chi connectivity index (χ1) is 23.0. The smallest absolute Gasteiger partial charge is 0.306 e. The van der Waals surface area contributed by atoms with Crippen LogP contribution in [0.15, 0.2) is 24.3 Å². The molecule has 0 N–H and O–H groups in total. The third kappa shape index (κ3) is 37.1. The molecule has 0 aromatic carbocycles. The molecule has 0 aliphatic heterocycles. The molecule has 0 spiro atoms. The van der Waals surface area contributed by atoms with E-state index in [9.17, 15) is 9.59 Å². The van der Waals surface area contributed by atoms with Crippen LogP contribution < -0.4 is 0 Å². The Kier molecular flexibility index (Phi) is 35.9. The Morgan fingerprint density at radius 3 is 1.28 bits per heavy atom. The van der Waals surface area contributed by atoms with Gasteiger partial charge in [0.2, 0.25) is 0 Å². The predicted molar refractivity (Wildman–Crippen MR) is 203 cm³/mol. The van der Waals surface area contributed by atoms with Gasteiger partial charge in [-0.15, -0.1) is 0 Å². The zero-order chi connectivity index (χ0) is 34.5. The molecule has 5 nitrogen and oxygen atoms in total. The zero-order valence-corrected chi connectivity index (χ0v) is 31.9. The minimum absolute atomic E-state index is 0.163. The molecule has 5 heteroatoms. The van der Waals surface area contributed by atoms with Crippen molar-refractivity contribution in [3.05, 3.63) is 24.3 Å². The highest BCUT2D eigenvalue weighted by molar-refractivity contribution is 5.70. The van der Waals surface area contributed by atoms with Crippen LogP contribution in [-0.2, 0) is 19.1 Å². The average Bonchev–Trinajstić information content (AvgIpc) is 3.05. The van der Waals surface area contributed by atoms with Crippen molar-refractivity contribution in [2.75, 3.05) is 27.2 Å². The molecule has 47 heavy (non-hydrogen) atoms. The topological polar surface area (TPSA) is 55.8 Å². The number of carbonyl (C=O) groups is 2. The van der Waals surface area contributed by atoms with E-state index >= 15 is 0 Å². The fraction of sp³-hybridized carbons (Fsp3) is 0.857. The monoisotopic (exact) mass is 662 g/mol. The van der Waals surface area contributed by atoms with Crippen molar-refractivity contribution in [3.63, 3.8) is 0 Å². The highest BCUT2D eigenvalue weighted by Gasteiger charge is 2.17. The second kappa shape index (κ2) is 37.2. The zero-order valence-electron chi connectivity index (χ0n) is 31.9. The van der Waals surface area contributed by atoms with Gasteiger partial charge in [-0.3, -0.25) is 9.59 Å². The van der Waals surface area contributed by atoms with Gasteiger partial charge in [0.05, 0.1) is 0 Å². The number of unbranched alkanes of at least 4 members (excludes halogenated alkanes) is 22. The standard InChI is InChI=1S/C42H79NO4/c1-5-7-9-11-13-15-17-19-21-23-25-27-29-31-33-35-41(44)46-39-40(37-38-43(3)4)47-42(45)36-34-32-30-28-26-24-22-20-18-16-14-12-10-8-6-2/h19-22,40H,5-18,23-39H2,1-4H3/b21-19-,22-20-/t40-/m0/s1. The van der Waals surface area contributed by atoms with E-state index in [2.05, 4.69) is 43.1 Å². The van der Waals surface area contributed by atoms with Crippen LogP contribution in [-0.4, -0.2) is 50.2 Å². The number of hydrogen-bond donors (Lipinski definition) is 0. The summed E-state index contributed by atoms with van der Waals surface area (Å²) in [7, 11) is 4.01. The number of allylic oxidation sites excluding steroid dienone is 4. The van der Waals surface area contributed by atoms with Gasteiger partial charge in [0.25, 0.3) is 0 Å². The van der Waals surface area contributed by atoms with Crippen molar-refractivity contribution < 1.29 is 19.1 Å². The van der Waals surface area contributed by atoms with E-state index in [0.717, 1.165) is 45.1 Å². The minimum Gasteiger partial charge on any atom is -0.462 e. The quantitative estimate of drug-likeness (QED) is 0.0380. The van der Waals surface area contributed by atoms with E-state index in [1.165, 1.54) is 128 Å². The molecule has 0 rings (SSSR count). The summed E-state index contributed by atoms with van der Waals surface area (Å²) in [6.45, 7) is 5.49. The third-order valence-corrected chi connectivity index (χ3v) is 8.91. The molecule has 0 saturated carbocycles. The molecule has 276 valence electrons.